The summed E-state index contributed by atoms with van der Waals surface area (Å²) in [5, 5.41) is 11.9. The molecule has 0 fully saturated rings. The van der Waals surface area contributed by atoms with E-state index in [1.54, 1.807) is 13.2 Å². The first kappa shape index (κ1) is 12.9. The second kappa shape index (κ2) is 4.77. The van der Waals surface area contributed by atoms with E-state index in [0.29, 0.717) is 28.2 Å². The number of rotatable bonds is 3. The second-order valence-electron chi connectivity index (χ2n) is 4.23. The molecule has 20 heavy (non-hydrogen) atoms. The molecule has 0 spiro atoms. The van der Waals surface area contributed by atoms with E-state index in [2.05, 4.69) is 15.3 Å². The number of aromatic amines is 1. The number of hydrogen-bond acceptors (Lipinski definition) is 4. The van der Waals surface area contributed by atoms with E-state index < -0.39 is 5.82 Å². The quantitative estimate of drug-likeness (QED) is 0.776. The summed E-state index contributed by atoms with van der Waals surface area (Å²) in [5.74, 6) is -0.127. The van der Waals surface area contributed by atoms with Gasteiger partial charge >= 0.3 is 0 Å². The van der Waals surface area contributed by atoms with E-state index in [1.165, 1.54) is 16.8 Å². The van der Waals surface area contributed by atoms with Crippen LogP contribution in [0.15, 0.2) is 18.2 Å². The van der Waals surface area contributed by atoms with Gasteiger partial charge in [-0.2, -0.15) is 10.2 Å². The lowest BCUT2D eigenvalue weighted by molar-refractivity contribution is 0.182. The van der Waals surface area contributed by atoms with Crippen molar-refractivity contribution in [2.45, 2.75) is 6.61 Å². The average molecular weight is 296 g/mol. The Bertz CT molecular complexity index is 782. The van der Waals surface area contributed by atoms with E-state index >= 15 is 0 Å². The van der Waals surface area contributed by atoms with Crippen LogP contribution in [0.2, 0.25) is 5.02 Å². The molecule has 8 heteroatoms. The fourth-order valence-electron chi connectivity index (χ4n) is 2.04. The number of nitrogens with zero attached hydrogens (tertiary/aromatic N) is 3. The topological polar surface area (TPSA) is 81.8 Å². The van der Waals surface area contributed by atoms with Gasteiger partial charge in [-0.15, -0.1) is 0 Å². The Balaban J connectivity index is 2.22. The van der Waals surface area contributed by atoms with Crippen molar-refractivity contribution in [3.63, 3.8) is 0 Å². The zero-order chi connectivity index (χ0) is 14.3. The number of H-pyrrole nitrogens is 1. The fourth-order valence-corrected chi connectivity index (χ4v) is 2.15. The maximum absolute atomic E-state index is 13.6. The fraction of sp³-hybridized carbons (Fsp3) is 0.167. The van der Waals surface area contributed by atoms with E-state index in [9.17, 15) is 4.39 Å². The van der Waals surface area contributed by atoms with Crippen LogP contribution >= 0.6 is 11.6 Å². The first-order valence-corrected chi connectivity index (χ1v) is 6.15. The van der Waals surface area contributed by atoms with Crippen LogP contribution < -0.4 is 5.73 Å². The van der Waals surface area contributed by atoms with Crippen LogP contribution in [-0.2, 0) is 11.3 Å². The van der Waals surface area contributed by atoms with Gasteiger partial charge in [-0.1, -0.05) is 11.6 Å². The lowest BCUT2D eigenvalue weighted by atomic mass is 10.3. The third-order valence-electron chi connectivity index (χ3n) is 2.91. The number of fused-ring (bicyclic) bond motifs is 1. The zero-order valence-electron chi connectivity index (χ0n) is 10.5. The molecule has 0 atom stereocenters. The predicted octanol–water partition coefficient (Wildman–Crippen LogP) is 2.27. The number of methoxy groups -OCH3 is 1. The molecule has 2 aromatic heterocycles. The monoisotopic (exact) mass is 295 g/mol. The predicted molar refractivity (Wildman–Crippen MR) is 73.3 cm³/mol. The molecule has 0 unspecified atom stereocenters. The molecule has 0 saturated heterocycles. The summed E-state index contributed by atoms with van der Waals surface area (Å²) < 4.78 is 20.2. The number of halogens is 2. The number of hydrogen-bond donors (Lipinski definition) is 2. The molecular weight excluding hydrogens is 285 g/mol. The summed E-state index contributed by atoms with van der Waals surface area (Å²) in [4.78, 5) is 0. The Hall–Kier alpha value is -2.12. The van der Waals surface area contributed by atoms with Crippen LogP contribution in [0, 0.1) is 5.82 Å². The highest BCUT2D eigenvalue weighted by Gasteiger charge is 2.18. The molecule has 6 nitrogen and oxygen atoms in total. The van der Waals surface area contributed by atoms with Gasteiger partial charge in [0, 0.05) is 13.2 Å². The van der Waals surface area contributed by atoms with Gasteiger partial charge in [-0.05, 0) is 12.1 Å². The van der Waals surface area contributed by atoms with Gasteiger partial charge in [0.15, 0.2) is 5.65 Å². The molecule has 0 aliphatic rings. The van der Waals surface area contributed by atoms with Crippen LogP contribution in [0.4, 0.5) is 10.2 Å². The zero-order valence-corrected chi connectivity index (χ0v) is 11.3. The van der Waals surface area contributed by atoms with E-state index in [4.69, 9.17) is 22.1 Å². The number of ether oxygens (including phenoxy) is 1. The minimum atomic E-state index is -0.524. The molecule has 1 aromatic carbocycles. The Morgan fingerprint density at radius 3 is 3.00 bits per heavy atom. The molecule has 104 valence electrons. The standard InChI is InChI=1S/C12H11ClFN5O/c1-20-5-9-10-11(15)16-17-12(10)19(18-9)6-2-3-7(13)8(14)4-6/h2-4H,5H2,1H3,(H3,15,16,17). The summed E-state index contributed by atoms with van der Waals surface area (Å²) in [6.07, 6.45) is 0. The van der Waals surface area contributed by atoms with Gasteiger partial charge < -0.3 is 10.5 Å². The first-order valence-electron chi connectivity index (χ1n) is 5.77. The maximum atomic E-state index is 13.6. The summed E-state index contributed by atoms with van der Waals surface area (Å²) in [6, 6.07) is 4.40. The molecule has 0 bridgehead atoms. The largest absolute Gasteiger partial charge is 0.383 e. The minimum Gasteiger partial charge on any atom is -0.383 e. The van der Waals surface area contributed by atoms with Gasteiger partial charge in [0.2, 0.25) is 0 Å². The van der Waals surface area contributed by atoms with Crippen molar-refractivity contribution in [1.82, 2.24) is 20.0 Å². The smallest absolute Gasteiger partial charge is 0.186 e. The normalized spacial score (nSPS) is 11.3. The Kier molecular flexibility index (Phi) is 3.07. The van der Waals surface area contributed by atoms with E-state index in [-0.39, 0.29) is 11.6 Å². The third kappa shape index (κ3) is 1.91. The Morgan fingerprint density at radius 2 is 2.30 bits per heavy atom. The highest BCUT2D eigenvalue weighted by Crippen LogP contribution is 2.26. The molecule has 3 aromatic rings. The number of aromatic nitrogens is 4. The molecule has 3 rings (SSSR count). The van der Waals surface area contributed by atoms with Crippen molar-refractivity contribution in [1.29, 1.82) is 0 Å². The Labute approximate surface area is 118 Å². The van der Waals surface area contributed by atoms with Gasteiger partial charge in [-0.3, -0.25) is 5.10 Å². The van der Waals surface area contributed by atoms with Crippen molar-refractivity contribution in [2.24, 2.45) is 0 Å². The first-order chi connectivity index (χ1) is 9.61. The van der Waals surface area contributed by atoms with Crippen molar-refractivity contribution < 1.29 is 9.13 Å². The van der Waals surface area contributed by atoms with Gasteiger partial charge in [0.25, 0.3) is 0 Å². The molecule has 0 saturated carbocycles. The lowest BCUT2D eigenvalue weighted by Crippen LogP contribution is -2.00. The second-order valence-corrected chi connectivity index (χ2v) is 4.63. The number of nitrogens with one attached hydrogen (secondary N) is 1. The van der Waals surface area contributed by atoms with Crippen molar-refractivity contribution in [3.05, 3.63) is 34.7 Å². The number of nitrogens with two attached hydrogens (primary N) is 1. The number of benzene rings is 1. The third-order valence-corrected chi connectivity index (χ3v) is 3.22. The minimum absolute atomic E-state index is 0.0517. The molecule has 0 aliphatic heterocycles. The highest BCUT2D eigenvalue weighted by molar-refractivity contribution is 6.30. The summed E-state index contributed by atoms with van der Waals surface area (Å²) in [5.41, 5.74) is 7.48. The van der Waals surface area contributed by atoms with Crippen LogP contribution in [0.25, 0.3) is 16.7 Å². The van der Waals surface area contributed by atoms with E-state index in [1.807, 2.05) is 0 Å². The Morgan fingerprint density at radius 1 is 1.50 bits per heavy atom. The van der Waals surface area contributed by atoms with Crippen molar-refractivity contribution >= 4 is 28.5 Å². The molecule has 2 heterocycles. The van der Waals surface area contributed by atoms with E-state index in [0.717, 1.165) is 0 Å². The molecular formula is C12H11ClFN5O. The SMILES string of the molecule is COCc1nn(-c2ccc(Cl)c(F)c2)c2n[nH]c(N)c12. The average Bonchev–Trinajstić information content (AvgIpc) is 2.96. The van der Waals surface area contributed by atoms with Crippen LogP contribution in [0.1, 0.15) is 5.69 Å². The molecule has 0 aliphatic carbocycles. The molecule has 0 amide bonds. The van der Waals surface area contributed by atoms with Gasteiger partial charge in [0.1, 0.15) is 17.3 Å². The van der Waals surface area contributed by atoms with Gasteiger partial charge in [0.05, 0.1) is 22.7 Å². The number of anilines is 1. The summed E-state index contributed by atoms with van der Waals surface area (Å²) in [6.45, 7) is 0.281. The van der Waals surface area contributed by atoms with Crippen LogP contribution in [-0.4, -0.2) is 27.1 Å². The van der Waals surface area contributed by atoms with Crippen molar-refractivity contribution in [2.75, 3.05) is 12.8 Å². The summed E-state index contributed by atoms with van der Waals surface area (Å²) >= 11 is 5.68. The molecule has 0 radical (unpaired) electrons. The number of nitrogen functional groups attached to an aromatic ring is 1. The van der Waals surface area contributed by atoms with Gasteiger partial charge in [-0.25, -0.2) is 9.07 Å². The summed E-state index contributed by atoms with van der Waals surface area (Å²) in [7, 11) is 1.56. The van der Waals surface area contributed by atoms with Crippen LogP contribution in [0.5, 0.6) is 0 Å². The maximum Gasteiger partial charge on any atom is 0.186 e. The highest BCUT2D eigenvalue weighted by atomic mass is 35.5. The van der Waals surface area contributed by atoms with Crippen LogP contribution in [0.3, 0.4) is 0 Å². The lowest BCUT2D eigenvalue weighted by Gasteiger charge is -2.02. The molecule has 3 N–H and O–H groups in total. The van der Waals surface area contributed by atoms with Crippen molar-refractivity contribution in [3.8, 4) is 5.69 Å².